The molecule has 1 unspecified atom stereocenters. The van der Waals surface area contributed by atoms with Gasteiger partial charge in [-0.15, -0.1) is 0 Å². The van der Waals surface area contributed by atoms with E-state index in [1.54, 1.807) is 0 Å². The molecule has 0 fully saturated rings. The quantitative estimate of drug-likeness (QED) is 0.571. The third kappa shape index (κ3) is 5.25. The molecule has 0 aromatic carbocycles. The summed E-state index contributed by atoms with van der Waals surface area (Å²) in [6, 6.07) is 0.779. The molecule has 67 valence electrons. The number of hydrogen-bond donors (Lipinski definition) is 0. The van der Waals surface area contributed by atoms with Gasteiger partial charge >= 0.3 is 0 Å². The van der Waals surface area contributed by atoms with Crippen LogP contribution in [0.15, 0.2) is 0 Å². The lowest BCUT2D eigenvalue weighted by Crippen LogP contribution is -2.27. The topological polar surface area (TPSA) is 3.24 Å². The van der Waals surface area contributed by atoms with Crippen molar-refractivity contribution < 1.29 is 0 Å². The second-order valence-electron chi connectivity index (χ2n) is 3.40. The van der Waals surface area contributed by atoms with E-state index in [4.69, 9.17) is 0 Å². The summed E-state index contributed by atoms with van der Waals surface area (Å²) in [6.45, 7) is 6.11. The predicted octanol–water partition coefficient (Wildman–Crippen LogP) is 2.72. The van der Waals surface area contributed by atoms with E-state index in [0.717, 1.165) is 12.5 Å². The number of hydrogen-bond acceptors (Lipinski definition) is 1. The summed E-state index contributed by atoms with van der Waals surface area (Å²) >= 11 is 0. The molecule has 0 spiro atoms. The average Bonchev–Trinajstić information content (AvgIpc) is 1.97. The lowest BCUT2D eigenvalue weighted by molar-refractivity contribution is 0.258. The fourth-order valence-corrected chi connectivity index (χ4v) is 1.37. The van der Waals surface area contributed by atoms with Crippen LogP contribution >= 0.6 is 0 Å². The van der Waals surface area contributed by atoms with Gasteiger partial charge in [0.15, 0.2) is 0 Å². The summed E-state index contributed by atoms with van der Waals surface area (Å²) in [7, 11) is 4.34. The highest BCUT2D eigenvalue weighted by Gasteiger charge is 2.08. The predicted molar refractivity (Wildman–Crippen MR) is 51.6 cm³/mol. The largest absolute Gasteiger partial charge is 0.306 e. The summed E-state index contributed by atoms with van der Waals surface area (Å²) in [4.78, 5) is 2.33. The molecule has 1 radical (unpaired) electrons. The smallest absolute Gasteiger partial charge is 0.00890 e. The fourth-order valence-electron chi connectivity index (χ4n) is 1.37. The van der Waals surface area contributed by atoms with E-state index in [9.17, 15) is 0 Å². The van der Waals surface area contributed by atoms with Crippen molar-refractivity contribution in [1.82, 2.24) is 4.90 Å². The SMILES string of the molecule is [CH2]CCCC(CCC)N(C)C. The van der Waals surface area contributed by atoms with E-state index in [1.165, 1.54) is 25.7 Å². The van der Waals surface area contributed by atoms with Crippen LogP contribution in [-0.4, -0.2) is 25.0 Å². The Hall–Kier alpha value is -0.0400. The highest BCUT2D eigenvalue weighted by molar-refractivity contribution is 4.65. The zero-order valence-corrected chi connectivity index (χ0v) is 8.27. The summed E-state index contributed by atoms with van der Waals surface area (Å²) in [5, 5.41) is 0. The van der Waals surface area contributed by atoms with E-state index in [2.05, 4.69) is 32.8 Å². The Kier molecular flexibility index (Phi) is 6.63. The van der Waals surface area contributed by atoms with E-state index >= 15 is 0 Å². The third-order valence-corrected chi connectivity index (χ3v) is 2.14. The molecule has 0 aliphatic heterocycles. The van der Waals surface area contributed by atoms with Gasteiger partial charge in [0.2, 0.25) is 0 Å². The maximum atomic E-state index is 3.86. The highest BCUT2D eigenvalue weighted by atomic mass is 15.1. The molecule has 1 heteroatoms. The minimum Gasteiger partial charge on any atom is -0.306 e. The Morgan fingerprint density at radius 3 is 2.27 bits per heavy atom. The van der Waals surface area contributed by atoms with Gasteiger partial charge in [0.05, 0.1) is 0 Å². The van der Waals surface area contributed by atoms with Gasteiger partial charge in [-0.1, -0.05) is 33.1 Å². The van der Waals surface area contributed by atoms with Crippen LogP contribution in [0.5, 0.6) is 0 Å². The third-order valence-electron chi connectivity index (χ3n) is 2.14. The van der Waals surface area contributed by atoms with Crippen LogP contribution in [0.3, 0.4) is 0 Å². The molecule has 0 rings (SSSR count). The van der Waals surface area contributed by atoms with Crippen molar-refractivity contribution >= 4 is 0 Å². The van der Waals surface area contributed by atoms with Crippen molar-refractivity contribution in [3.8, 4) is 0 Å². The monoisotopic (exact) mass is 156 g/mol. The van der Waals surface area contributed by atoms with E-state index < -0.39 is 0 Å². The van der Waals surface area contributed by atoms with Gasteiger partial charge in [0.25, 0.3) is 0 Å². The first kappa shape index (κ1) is 11.0. The molecule has 0 aliphatic carbocycles. The zero-order chi connectivity index (χ0) is 8.69. The Labute approximate surface area is 71.8 Å². The van der Waals surface area contributed by atoms with E-state index in [0.29, 0.717) is 0 Å². The van der Waals surface area contributed by atoms with Gasteiger partial charge in [0, 0.05) is 6.04 Å². The van der Waals surface area contributed by atoms with Gasteiger partial charge in [-0.2, -0.15) is 0 Å². The van der Waals surface area contributed by atoms with Crippen LogP contribution in [-0.2, 0) is 0 Å². The maximum Gasteiger partial charge on any atom is 0.00890 e. The first-order valence-corrected chi connectivity index (χ1v) is 4.68. The Balaban J connectivity index is 3.51. The first-order chi connectivity index (χ1) is 5.22. The van der Waals surface area contributed by atoms with Gasteiger partial charge in [-0.3, -0.25) is 0 Å². The van der Waals surface area contributed by atoms with E-state index in [1.807, 2.05) is 0 Å². The number of nitrogens with zero attached hydrogens (tertiary/aromatic N) is 1. The van der Waals surface area contributed by atoms with Crippen molar-refractivity contribution in [3.63, 3.8) is 0 Å². The summed E-state index contributed by atoms with van der Waals surface area (Å²) < 4.78 is 0. The molecule has 0 saturated carbocycles. The highest BCUT2D eigenvalue weighted by Crippen LogP contribution is 2.10. The molecule has 1 atom stereocenters. The zero-order valence-electron chi connectivity index (χ0n) is 8.27. The molecule has 0 amide bonds. The van der Waals surface area contributed by atoms with Crippen LogP contribution in [0.25, 0.3) is 0 Å². The van der Waals surface area contributed by atoms with Crippen LogP contribution in [0.1, 0.15) is 39.0 Å². The van der Waals surface area contributed by atoms with E-state index in [-0.39, 0.29) is 0 Å². The van der Waals surface area contributed by atoms with Crippen LogP contribution in [0.4, 0.5) is 0 Å². The molecule has 1 nitrogen and oxygen atoms in total. The molecule has 0 aromatic rings. The minimum atomic E-state index is 0.779. The van der Waals surface area contributed by atoms with Crippen molar-refractivity contribution in [3.05, 3.63) is 6.92 Å². The molecular formula is C10H22N. The second-order valence-corrected chi connectivity index (χ2v) is 3.40. The lowest BCUT2D eigenvalue weighted by atomic mass is 10.0. The Morgan fingerprint density at radius 2 is 1.91 bits per heavy atom. The maximum absolute atomic E-state index is 3.86. The van der Waals surface area contributed by atoms with Gasteiger partial charge in [-0.05, 0) is 26.9 Å². The average molecular weight is 156 g/mol. The molecular weight excluding hydrogens is 134 g/mol. The van der Waals surface area contributed by atoms with Crippen molar-refractivity contribution in [2.45, 2.75) is 45.1 Å². The van der Waals surface area contributed by atoms with Crippen molar-refractivity contribution in [2.75, 3.05) is 14.1 Å². The summed E-state index contributed by atoms with van der Waals surface area (Å²) in [6.07, 6.45) is 6.27. The molecule has 0 saturated heterocycles. The number of rotatable bonds is 6. The molecule has 0 bridgehead atoms. The number of unbranched alkanes of at least 4 members (excludes halogenated alkanes) is 1. The lowest BCUT2D eigenvalue weighted by Gasteiger charge is -2.23. The summed E-state index contributed by atoms with van der Waals surface area (Å²) in [5.41, 5.74) is 0. The van der Waals surface area contributed by atoms with Crippen molar-refractivity contribution in [2.24, 2.45) is 0 Å². The molecule has 0 aliphatic rings. The van der Waals surface area contributed by atoms with Gasteiger partial charge in [0.1, 0.15) is 0 Å². The Bertz CT molecular complexity index is 78.9. The molecule has 0 heterocycles. The van der Waals surface area contributed by atoms with Crippen molar-refractivity contribution in [1.29, 1.82) is 0 Å². The minimum absolute atomic E-state index is 0.779. The molecule has 0 N–H and O–H groups in total. The second kappa shape index (κ2) is 6.66. The Morgan fingerprint density at radius 1 is 1.27 bits per heavy atom. The van der Waals surface area contributed by atoms with Crippen LogP contribution < -0.4 is 0 Å². The molecule has 11 heavy (non-hydrogen) atoms. The van der Waals surface area contributed by atoms with Crippen LogP contribution in [0, 0.1) is 6.92 Å². The normalized spacial score (nSPS) is 13.9. The summed E-state index contributed by atoms with van der Waals surface area (Å²) in [5.74, 6) is 0. The standard InChI is InChI=1S/C10H22N/c1-5-7-9-10(8-6-2)11(3)4/h10H,1,5-9H2,2-4H3. The van der Waals surface area contributed by atoms with Gasteiger partial charge < -0.3 is 4.90 Å². The van der Waals surface area contributed by atoms with Crippen LogP contribution in [0.2, 0.25) is 0 Å². The van der Waals surface area contributed by atoms with Gasteiger partial charge in [-0.25, -0.2) is 0 Å². The fraction of sp³-hybridized carbons (Fsp3) is 0.900. The molecule has 0 aromatic heterocycles. The first-order valence-electron chi connectivity index (χ1n) is 4.68.